The summed E-state index contributed by atoms with van der Waals surface area (Å²) < 4.78 is 5.24. The Bertz CT molecular complexity index is 825. The smallest absolute Gasteiger partial charge is 0.310 e. The van der Waals surface area contributed by atoms with E-state index in [2.05, 4.69) is 24.8 Å². The lowest BCUT2D eigenvalue weighted by molar-refractivity contribution is -0.143. The number of hydrogen-bond donors (Lipinski definition) is 2. The highest BCUT2D eigenvalue weighted by Crippen LogP contribution is 2.35. The van der Waals surface area contributed by atoms with Crippen molar-refractivity contribution in [3.8, 4) is 0 Å². The van der Waals surface area contributed by atoms with Crippen LogP contribution in [0.3, 0.4) is 0 Å². The topological polar surface area (TPSA) is 63.6 Å². The summed E-state index contributed by atoms with van der Waals surface area (Å²) in [6, 6.07) is 15.4. The molecule has 0 amide bonds. The Morgan fingerprint density at radius 2 is 1.47 bits per heavy atom. The molecule has 2 aromatic carbocycles. The Balaban J connectivity index is 0.000000199. The largest absolute Gasteiger partial charge is 0.481 e. The van der Waals surface area contributed by atoms with Crippen LogP contribution in [0.2, 0.25) is 0 Å². The van der Waals surface area contributed by atoms with Crippen LogP contribution in [-0.2, 0) is 27.2 Å². The zero-order valence-corrected chi connectivity index (χ0v) is 18.7. The number of thioether (sulfide) groups is 1. The minimum atomic E-state index is -0.808. The first-order valence-corrected chi connectivity index (χ1v) is 11.8. The number of rotatable bonds is 9. The molecule has 1 N–H and O–H groups in total. The Labute approximate surface area is 187 Å². The van der Waals surface area contributed by atoms with Crippen LogP contribution < -0.4 is 0 Å². The van der Waals surface area contributed by atoms with Crippen LogP contribution in [0.4, 0.5) is 0 Å². The van der Waals surface area contributed by atoms with Crippen molar-refractivity contribution in [1.82, 2.24) is 0 Å². The van der Waals surface area contributed by atoms with Gasteiger partial charge in [-0.05, 0) is 72.9 Å². The highest BCUT2D eigenvalue weighted by molar-refractivity contribution is 7.99. The van der Waals surface area contributed by atoms with Crippen LogP contribution in [0.15, 0.2) is 58.3 Å². The summed E-state index contributed by atoms with van der Waals surface area (Å²) in [4.78, 5) is 24.0. The van der Waals surface area contributed by atoms with Gasteiger partial charge in [-0.15, -0.1) is 24.4 Å². The summed E-state index contributed by atoms with van der Waals surface area (Å²) >= 11 is 6.00. The van der Waals surface area contributed by atoms with Gasteiger partial charge in [0.2, 0.25) is 0 Å². The van der Waals surface area contributed by atoms with Gasteiger partial charge in [0, 0.05) is 15.5 Å². The third-order valence-electron chi connectivity index (χ3n) is 4.92. The normalized spacial score (nSPS) is 15.1. The predicted octanol–water partition coefficient (Wildman–Crippen LogP) is 5.29. The van der Waals surface area contributed by atoms with Gasteiger partial charge in [-0.25, -0.2) is 0 Å². The molecular formula is C24H28O4S2. The predicted molar refractivity (Wildman–Crippen MR) is 122 cm³/mol. The molecule has 0 spiro atoms. The van der Waals surface area contributed by atoms with Gasteiger partial charge in [0.05, 0.1) is 19.4 Å². The second kappa shape index (κ2) is 11.5. The van der Waals surface area contributed by atoms with E-state index in [0.29, 0.717) is 18.9 Å². The van der Waals surface area contributed by atoms with Crippen LogP contribution in [0, 0.1) is 11.8 Å². The summed E-state index contributed by atoms with van der Waals surface area (Å²) in [5.41, 5.74) is 1.85. The van der Waals surface area contributed by atoms with Crippen molar-refractivity contribution in [3.05, 3.63) is 59.7 Å². The summed E-state index contributed by atoms with van der Waals surface area (Å²) in [6.45, 7) is 0.619. The van der Waals surface area contributed by atoms with Crippen LogP contribution in [0.1, 0.15) is 36.8 Å². The molecule has 2 fully saturated rings. The van der Waals surface area contributed by atoms with E-state index >= 15 is 0 Å². The molecule has 4 rings (SSSR count). The average Bonchev–Trinajstić information content (AvgIpc) is 3.63. The summed E-state index contributed by atoms with van der Waals surface area (Å²) in [5, 5.41) is 8.42. The summed E-state index contributed by atoms with van der Waals surface area (Å²) in [7, 11) is 0. The first-order chi connectivity index (χ1) is 14.5. The zero-order chi connectivity index (χ0) is 21.3. The molecule has 4 nitrogen and oxygen atoms in total. The van der Waals surface area contributed by atoms with Gasteiger partial charge in [0.1, 0.15) is 0 Å². The fraction of sp³-hybridized carbons (Fsp3) is 0.417. The number of benzene rings is 2. The lowest BCUT2D eigenvalue weighted by Crippen LogP contribution is -2.09. The van der Waals surface area contributed by atoms with Crippen molar-refractivity contribution < 1.29 is 19.4 Å². The number of esters is 1. The molecule has 160 valence electrons. The molecule has 0 aliphatic heterocycles. The third-order valence-corrected chi connectivity index (χ3v) is 6.46. The molecule has 6 heteroatoms. The SMILES string of the molecule is O=C(Cc1ccc(SCC2CC2)cc1)OCC1CC1.O=C(O)Cc1ccc(S)cc1. The number of aliphatic carboxylic acids is 1. The highest BCUT2D eigenvalue weighted by atomic mass is 32.2. The van der Waals surface area contributed by atoms with E-state index in [4.69, 9.17) is 9.84 Å². The molecule has 0 heterocycles. The number of hydrogen-bond acceptors (Lipinski definition) is 5. The molecule has 0 saturated heterocycles. The highest BCUT2D eigenvalue weighted by Gasteiger charge is 2.23. The number of carbonyl (C=O) groups excluding carboxylic acids is 1. The van der Waals surface area contributed by atoms with Crippen molar-refractivity contribution in [2.75, 3.05) is 12.4 Å². The van der Waals surface area contributed by atoms with Gasteiger partial charge >= 0.3 is 11.9 Å². The molecule has 30 heavy (non-hydrogen) atoms. The molecule has 0 bridgehead atoms. The Kier molecular flexibility index (Phi) is 8.70. The molecule has 0 atom stereocenters. The molecule has 2 aromatic rings. The van der Waals surface area contributed by atoms with Crippen molar-refractivity contribution >= 4 is 36.3 Å². The van der Waals surface area contributed by atoms with Gasteiger partial charge in [-0.2, -0.15) is 0 Å². The first-order valence-electron chi connectivity index (χ1n) is 10.3. The quantitative estimate of drug-likeness (QED) is 0.313. The number of ether oxygens (including phenoxy) is 1. The maximum Gasteiger partial charge on any atom is 0.310 e. The Hall–Kier alpha value is -1.92. The van der Waals surface area contributed by atoms with Crippen molar-refractivity contribution in [2.24, 2.45) is 11.8 Å². The molecule has 0 radical (unpaired) electrons. The summed E-state index contributed by atoms with van der Waals surface area (Å²) in [6.07, 6.45) is 5.73. The number of carboxylic acids is 1. The lowest BCUT2D eigenvalue weighted by Gasteiger charge is -2.05. The van der Waals surface area contributed by atoms with Gasteiger partial charge in [-0.1, -0.05) is 24.3 Å². The van der Waals surface area contributed by atoms with E-state index in [1.165, 1.54) is 36.3 Å². The maximum atomic E-state index is 11.6. The van der Waals surface area contributed by atoms with Crippen molar-refractivity contribution in [1.29, 1.82) is 0 Å². The summed E-state index contributed by atoms with van der Waals surface area (Å²) in [5.74, 6) is 1.93. The van der Waals surface area contributed by atoms with Crippen molar-refractivity contribution in [3.63, 3.8) is 0 Å². The molecule has 0 unspecified atom stereocenters. The van der Waals surface area contributed by atoms with Crippen LogP contribution in [0.5, 0.6) is 0 Å². The van der Waals surface area contributed by atoms with E-state index in [-0.39, 0.29) is 12.4 Å². The molecule has 2 aliphatic carbocycles. The number of carboxylic acid groups (broad SMARTS) is 1. The van der Waals surface area contributed by atoms with Crippen LogP contribution in [0.25, 0.3) is 0 Å². The molecule has 0 aromatic heterocycles. The fourth-order valence-electron chi connectivity index (χ4n) is 2.70. The number of carbonyl (C=O) groups is 2. The third kappa shape index (κ3) is 9.26. The molecule has 2 aliphatic rings. The minimum absolute atomic E-state index is 0.0774. The standard InChI is InChI=1S/C16H20O2S.C8H8O2S/c17-16(18-10-13-1-2-13)9-12-5-7-15(8-6-12)19-11-14-3-4-14;9-8(10)5-6-1-3-7(11)4-2-6/h5-8,13-14H,1-4,9-11H2;1-4,11H,5H2,(H,9,10). The second-order valence-corrected chi connectivity index (χ2v) is 9.55. The average molecular weight is 445 g/mol. The lowest BCUT2D eigenvalue weighted by atomic mass is 10.1. The van der Waals surface area contributed by atoms with E-state index in [0.717, 1.165) is 21.9 Å². The zero-order valence-electron chi connectivity index (χ0n) is 17.0. The Morgan fingerprint density at radius 1 is 0.900 bits per heavy atom. The van der Waals surface area contributed by atoms with Crippen LogP contribution in [-0.4, -0.2) is 29.4 Å². The fourth-order valence-corrected chi connectivity index (χ4v) is 3.94. The second-order valence-electron chi connectivity index (χ2n) is 7.94. The Morgan fingerprint density at radius 3 is 2.03 bits per heavy atom. The van der Waals surface area contributed by atoms with Crippen LogP contribution >= 0.6 is 24.4 Å². The number of thiol groups is 1. The van der Waals surface area contributed by atoms with E-state index in [1.54, 1.807) is 24.3 Å². The monoisotopic (exact) mass is 444 g/mol. The van der Waals surface area contributed by atoms with Gasteiger partial charge < -0.3 is 9.84 Å². The van der Waals surface area contributed by atoms with E-state index < -0.39 is 5.97 Å². The van der Waals surface area contributed by atoms with E-state index in [9.17, 15) is 9.59 Å². The minimum Gasteiger partial charge on any atom is -0.481 e. The van der Waals surface area contributed by atoms with Gasteiger partial charge in [0.25, 0.3) is 0 Å². The first kappa shape index (κ1) is 22.8. The maximum absolute atomic E-state index is 11.6. The van der Waals surface area contributed by atoms with Crippen molar-refractivity contribution in [2.45, 2.75) is 48.3 Å². The van der Waals surface area contributed by atoms with Gasteiger partial charge in [0.15, 0.2) is 0 Å². The van der Waals surface area contributed by atoms with Gasteiger partial charge in [-0.3, -0.25) is 9.59 Å². The molecular weight excluding hydrogens is 416 g/mol. The van der Waals surface area contributed by atoms with E-state index in [1.807, 2.05) is 23.9 Å². The molecule has 2 saturated carbocycles.